The summed E-state index contributed by atoms with van der Waals surface area (Å²) in [7, 11) is 0. The Morgan fingerprint density at radius 1 is 1.38 bits per heavy atom. The van der Waals surface area contributed by atoms with Gasteiger partial charge in [-0.3, -0.25) is 0 Å². The number of benzene rings is 1. The van der Waals surface area contributed by atoms with E-state index in [2.05, 4.69) is 6.07 Å². The van der Waals surface area contributed by atoms with Gasteiger partial charge in [-0.2, -0.15) is 5.26 Å². The van der Waals surface area contributed by atoms with E-state index >= 15 is 0 Å². The summed E-state index contributed by atoms with van der Waals surface area (Å²) >= 11 is 0. The molecule has 1 rings (SSSR count). The molecule has 68 valence electrons. The molecule has 0 fully saturated rings. The number of nitriles is 1. The Balaban J connectivity index is 2.55. The van der Waals surface area contributed by atoms with Crippen molar-refractivity contribution in [2.45, 2.75) is 26.4 Å². The molecule has 0 bridgehead atoms. The van der Waals surface area contributed by atoms with E-state index in [1.165, 1.54) is 5.56 Å². The minimum absolute atomic E-state index is 0.0345. The first-order valence-corrected chi connectivity index (χ1v) is 4.32. The van der Waals surface area contributed by atoms with Crippen molar-refractivity contribution in [3.8, 4) is 11.8 Å². The number of hydrogen-bond acceptors (Lipinski definition) is 2. The standard InChI is InChI=1S/C11H13NO/c1-9-3-5-11(6-4-9)13-10(2)7-8-12/h3-6,10H,7H2,1-2H3. The van der Waals surface area contributed by atoms with Crippen LogP contribution in [0.15, 0.2) is 24.3 Å². The van der Waals surface area contributed by atoms with Crippen LogP contribution in [0.5, 0.6) is 5.75 Å². The lowest BCUT2D eigenvalue weighted by atomic mass is 10.2. The first-order valence-electron chi connectivity index (χ1n) is 4.32. The Labute approximate surface area is 78.8 Å². The Bertz CT molecular complexity index is 297. The van der Waals surface area contributed by atoms with Crippen LogP contribution in [0, 0.1) is 18.3 Å². The van der Waals surface area contributed by atoms with Crippen molar-refractivity contribution in [1.82, 2.24) is 0 Å². The Morgan fingerprint density at radius 3 is 2.54 bits per heavy atom. The van der Waals surface area contributed by atoms with Gasteiger partial charge in [0.2, 0.25) is 0 Å². The molecule has 0 heterocycles. The van der Waals surface area contributed by atoms with E-state index in [1.54, 1.807) is 0 Å². The summed E-state index contributed by atoms with van der Waals surface area (Å²) < 4.78 is 5.49. The highest BCUT2D eigenvalue weighted by Crippen LogP contribution is 2.13. The molecule has 13 heavy (non-hydrogen) atoms. The molecule has 0 aliphatic heterocycles. The third kappa shape index (κ3) is 3.16. The largest absolute Gasteiger partial charge is 0.490 e. The zero-order valence-corrected chi connectivity index (χ0v) is 7.95. The predicted octanol–water partition coefficient (Wildman–Crippen LogP) is 2.68. The predicted molar refractivity (Wildman–Crippen MR) is 51.5 cm³/mol. The molecule has 0 aliphatic rings. The molecule has 1 unspecified atom stereocenters. The molecule has 0 amide bonds. The zero-order chi connectivity index (χ0) is 9.68. The van der Waals surface area contributed by atoms with Crippen LogP contribution >= 0.6 is 0 Å². The SMILES string of the molecule is Cc1ccc(OC(C)CC#N)cc1. The van der Waals surface area contributed by atoms with E-state index in [0.717, 1.165) is 5.75 Å². The maximum absolute atomic E-state index is 8.43. The van der Waals surface area contributed by atoms with Gasteiger partial charge in [0, 0.05) is 0 Å². The second-order valence-corrected chi connectivity index (χ2v) is 3.10. The Kier molecular flexibility index (Phi) is 3.33. The van der Waals surface area contributed by atoms with E-state index in [4.69, 9.17) is 10.00 Å². The van der Waals surface area contributed by atoms with Gasteiger partial charge in [-0.15, -0.1) is 0 Å². The lowest BCUT2D eigenvalue weighted by Gasteiger charge is -2.11. The van der Waals surface area contributed by atoms with Crippen molar-refractivity contribution >= 4 is 0 Å². The molecule has 0 aromatic heterocycles. The number of hydrogen-bond donors (Lipinski definition) is 0. The molecule has 2 heteroatoms. The van der Waals surface area contributed by atoms with Gasteiger partial charge in [0.1, 0.15) is 11.9 Å². The summed E-state index contributed by atoms with van der Waals surface area (Å²) in [6.07, 6.45) is 0.390. The summed E-state index contributed by atoms with van der Waals surface area (Å²) in [6, 6.07) is 9.90. The molecule has 1 atom stereocenters. The highest BCUT2D eigenvalue weighted by molar-refractivity contribution is 5.26. The lowest BCUT2D eigenvalue weighted by Crippen LogP contribution is -2.10. The number of ether oxygens (including phenoxy) is 1. The molecule has 1 aromatic rings. The van der Waals surface area contributed by atoms with Crippen molar-refractivity contribution in [3.05, 3.63) is 29.8 Å². The van der Waals surface area contributed by atoms with Crippen molar-refractivity contribution in [1.29, 1.82) is 5.26 Å². The van der Waals surface area contributed by atoms with Crippen LogP contribution in [-0.4, -0.2) is 6.10 Å². The molecular weight excluding hydrogens is 162 g/mol. The van der Waals surface area contributed by atoms with Crippen LogP contribution in [0.25, 0.3) is 0 Å². The van der Waals surface area contributed by atoms with E-state index in [9.17, 15) is 0 Å². The summed E-state index contributed by atoms with van der Waals surface area (Å²) in [5, 5.41) is 8.43. The highest BCUT2D eigenvalue weighted by Gasteiger charge is 2.01. The van der Waals surface area contributed by atoms with Crippen LogP contribution in [0.2, 0.25) is 0 Å². The third-order valence-electron chi connectivity index (χ3n) is 1.74. The summed E-state index contributed by atoms with van der Waals surface area (Å²) in [5.74, 6) is 0.827. The number of rotatable bonds is 3. The van der Waals surface area contributed by atoms with Crippen LogP contribution in [0.1, 0.15) is 18.9 Å². The summed E-state index contributed by atoms with van der Waals surface area (Å²) in [6.45, 7) is 3.92. The van der Waals surface area contributed by atoms with Gasteiger partial charge in [0.25, 0.3) is 0 Å². The summed E-state index contributed by atoms with van der Waals surface area (Å²) in [4.78, 5) is 0. The molecule has 0 saturated heterocycles. The van der Waals surface area contributed by atoms with Gasteiger partial charge < -0.3 is 4.74 Å². The van der Waals surface area contributed by atoms with Crippen molar-refractivity contribution in [2.75, 3.05) is 0 Å². The van der Waals surface area contributed by atoms with Gasteiger partial charge in [0.15, 0.2) is 0 Å². The first-order chi connectivity index (χ1) is 6.22. The fraction of sp³-hybridized carbons (Fsp3) is 0.364. The topological polar surface area (TPSA) is 33.0 Å². The van der Waals surface area contributed by atoms with Crippen LogP contribution in [-0.2, 0) is 0 Å². The lowest BCUT2D eigenvalue weighted by molar-refractivity contribution is 0.227. The minimum Gasteiger partial charge on any atom is -0.490 e. The molecule has 2 nitrogen and oxygen atoms in total. The van der Waals surface area contributed by atoms with E-state index in [0.29, 0.717) is 6.42 Å². The average molecular weight is 175 g/mol. The van der Waals surface area contributed by atoms with Crippen LogP contribution < -0.4 is 4.74 Å². The van der Waals surface area contributed by atoms with Crippen molar-refractivity contribution in [2.24, 2.45) is 0 Å². The van der Waals surface area contributed by atoms with Gasteiger partial charge >= 0.3 is 0 Å². The van der Waals surface area contributed by atoms with Gasteiger partial charge in [0.05, 0.1) is 12.5 Å². The van der Waals surface area contributed by atoms with Crippen molar-refractivity contribution in [3.63, 3.8) is 0 Å². The molecular formula is C11H13NO. The zero-order valence-electron chi connectivity index (χ0n) is 7.95. The van der Waals surface area contributed by atoms with Gasteiger partial charge in [-0.05, 0) is 26.0 Å². The first kappa shape index (κ1) is 9.60. The van der Waals surface area contributed by atoms with E-state index in [-0.39, 0.29) is 6.10 Å². The third-order valence-corrected chi connectivity index (χ3v) is 1.74. The highest BCUT2D eigenvalue weighted by atomic mass is 16.5. The maximum atomic E-state index is 8.43. The number of aryl methyl sites for hydroxylation is 1. The van der Waals surface area contributed by atoms with Crippen molar-refractivity contribution < 1.29 is 4.74 Å². The normalized spacial score (nSPS) is 11.8. The smallest absolute Gasteiger partial charge is 0.119 e. The second-order valence-electron chi connectivity index (χ2n) is 3.10. The fourth-order valence-electron chi connectivity index (χ4n) is 1.02. The maximum Gasteiger partial charge on any atom is 0.119 e. The van der Waals surface area contributed by atoms with Crippen LogP contribution in [0.3, 0.4) is 0 Å². The monoisotopic (exact) mass is 175 g/mol. The minimum atomic E-state index is -0.0345. The second kappa shape index (κ2) is 4.51. The summed E-state index contributed by atoms with van der Waals surface area (Å²) in [5.41, 5.74) is 1.21. The van der Waals surface area contributed by atoms with E-state index in [1.807, 2.05) is 38.1 Å². The fourth-order valence-corrected chi connectivity index (χ4v) is 1.02. The number of nitrogens with zero attached hydrogens (tertiary/aromatic N) is 1. The quantitative estimate of drug-likeness (QED) is 0.707. The molecule has 0 aliphatic carbocycles. The van der Waals surface area contributed by atoms with Crippen LogP contribution in [0.4, 0.5) is 0 Å². The molecule has 0 saturated carbocycles. The Hall–Kier alpha value is -1.49. The Morgan fingerprint density at radius 2 is 2.00 bits per heavy atom. The average Bonchev–Trinajstić information content (AvgIpc) is 2.09. The molecule has 0 N–H and O–H groups in total. The van der Waals surface area contributed by atoms with E-state index < -0.39 is 0 Å². The molecule has 0 radical (unpaired) electrons. The van der Waals surface area contributed by atoms with Gasteiger partial charge in [-0.1, -0.05) is 17.7 Å². The molecule has 0 spiro atoms. The molecule has 1 aromatic carbocycles. The van der Waals surface area contributed by atoms with Gasteiger partial charge in [-0.25, -0.2) is 0 Å².